The van der Waals surface area contributed by atoms with E-state index in [-0.39, 0.29) is 18.2 Å². The fourth-order valence-electron chi connectivity index (χ4n) is 3.12. The molecule has 1 aromatic carbocycles. The van der Waals surface area contributed by atoms with Crippen LogP contribution in [-0.2, 0) is 17.5 Å². The fourth-order valence-corrected chi connectivity index (χ4v) is 3.12. The zero-order chi connectivity index (χ0) is 20.0. The number of guanidine groups is 1. The van der Waals surface area contributed by atoms with Gasteiger partial charge in [-0.25, -0.2) is 4.39 Å². The fraction of sp³-hybridized carbons (Fsp3) is 0.611. The first-order valence-corrected chi connectivity index (χ1v) is 8.86. The van der Waals surface area contributed by atoms with Crippen LogP contribution in [0, 0.1) is 5.82 Å². The van der Waals surface area contributed by atoms with E-state index in [1.165, 1.54) is 0 Å². The maximum absolute atomic E-state index is 13.2. The van der Waals surface area contributed by atoms with Gasteiger partial charge in [0, 0.05) is 38.8 Å². The Kier molecular flexibility index (Phi) is 7.43. The van der Waals surface area contributed by atoms with E-state index < -0.39 is 17.6 Å². The molecule has 0 radical (unpaired) electrons. The van der Waals surface area contributed by atoms with Crippen LogP contribution >= 0.6 is 0 Å². The number of nitrogens with one attached hydrogen (secondary N) is 2. The van der Waals surface area contributed by atoms with E-state index in [0.29, 0.717) is 37.8 Å². The summed E-state index contributed by atoms with van der Waals surface area (Å²) in [5.41, 5.74) is -1.03. The number of aliphatic imine (C=N–C) groups is 1. The molecule has 2 rings (SSSR count). The van der Waals surface area contributed by atoms with Crippen LogP contribution in [0.15, 0.2) is 23.2 Å². The lowest BCUT2D eigenvalue weighted by molar-refractivity contribution is -0.138. The van der Waals surface area contributed by atoms with E-state index in [1.54, 1.807) is 7.05 Å². The zero-order valence-corrected chi connectivity index (χ0v) is 15.7. The number of hydrogen-bond donors (Lipinski definition) is 2. The maximum Gasteiger partial charge on any atom is 0.416 e. The van der Waals surface area contributed by atoms with Crippen molar-refractivity contribution >= 4 is 5.96 Å². The minimum atomic E-state index is -4.61. The number of alkyl halides is 3. The van der Waals surface area contributed by atoms with Gasteiger partial charge in [0.05, 0.1) is 18.8 Å². The van der Waals surface area contributed by atoms with Crippen LogP contribution in [0.1, 0.15) is 25.0 Å². The van der Waals surface area contributed by atoms with Crippen molar-refractivity contribution in [2.45, 2.75) is 38.7 Å². The molecule has 2 atom stereocenters. The van der Waals surface area contributed by atoms with Crippen molar-refractivity contribution < 1.29 is 22.3 Å². The van der Waals surface area contributed by atoms with Crippen molar-refractivity contribution in [3.8, 4) is 0 Å². The quantitative estimate of drug-likeness (QED) is 0.461. The van der Waals surface area contributed by atoms with Gasteiger partial charge in [-0.15, -0.1) is 0 Å². The minimum absolute atomic E-state index is 0.0401. The molecule has 0 amide bonds. The first kappa shape index (κ1) is 21.4. The highest BCUT2D eigenvalue weighted by atomic mass is 19.4. The number of halogens is 4. The molecule has 1 aliphatic rings. The van der Waals surface area contributed by atoms with E-state index in [1.807, 2.05) is 0 Å². The van der Waals surface area contributed by atoms with Gasteiger partial charge in [0.2, 0.25) is 0 Å². The topological polar surface area (TPSA) is 48.9 Å². The van der Waals surface area contributed by atoms with Gasteiger partial charge in [-0.05, 0) is 31.5 Å². The summed E-state index contributed by atoms with van der Waals surface area (Å²) < 4.78 is 57.8. The second-order valence-corrected chi connectivity index (χ2v) is 6.62. The number of benzene rings is 1. The van der Waals surface area contributed by atoms with Crippen LogP contribution in [0.2, 0.25) is 0 Å². The lowest BCUT2D eigenvalue weighted by Crippen LogP contribution is -2.53. The van der Waals surface area contributed by atoms with E-state index in [4.69, 9.17) is 4.74 Å². The number of rotatable bonds is 5. The van der Waals surface area contributed by atoms with Crippen LogP contribution in [0.3, 0.4) is 0 Å². The Morgan fingerprint density at radius 1 is 1.37 bits per heavy atom. The summed E-state index contributed by atoms with van der Waals surface area (Å²) in [6.07, 6.45) is -4.61. The Balaban J connectivity index is 1.93. The van der Waals surface area contributed by atoms with Gasteiger partial charge in [0.15, 0.2) is 5.96 Å². The summed E-state index contributed by atoms with van der Waals surface area (Å²) in [6.45, 7) is 6.84. The van der Waals surface area contributed by atoms with Crippen LogP contribution < -0.4 is 10.6 Å². The number of ether oxygens (including phenoxy) is 1. The Hall–Kier alpha value is -1.87. The second kappa shape index (κ2) is 9.36. The maximum atomic E-state index is 13.2. The summed E-state index contributed by atoms with van der Waals surface area (Å²) in [5.74, 6) is -0.526. The number of hydrogen-bond acceptors (Lipinski definition) is 3. The third-order valence-corrected chi connectivity index (χ3v) is 4.60. The Morgan fingerprint density at radius 2 is 2.11 bits per heavy atom. The molecule has 2 unspecified atom stereocenters. The van der Waals surface area contributed by atoms with Crippen LogP contribution in [-0.4, -0.2) is 56.3 Å². The van der Waals surface area contributed by atoms with Gasteiger partial charge in [0.1, 0.15) is 5.82 Å². The highest BCUT2D eigenvalue weighted by molar-refractivity contribution is 5.79. The molecule has 9 heteroatoms. The molecule has 5 nitrogen and oxygen atoms in total. The van der Waals surface area contributed by atoms with E-state index in [0.717, 1.165) is 18.7 Å². The number of nitrogens with zero attached hydrogens (tertiary/aromatic N) is 2. The van der Waals surface area contributed by atoms with E-state index in [9.17, 15) is 17.6 Å². The summed E-state index contributed by atoms with van der Waals surface area (Å²) in [7, 11) is 1.55. The summed E-state index contributed by atoms with van der Waals surface area (Å²) in [5, 5.41) is 5.99. The van der Waals surface area contributed by atoms with Gasteiger partial charge < -0.3 is 15.4 Å². The third kappa shape index (κ3) is 6.07. The molecule has 1 fully saturated rings. The van der Waals surface area contributed by atoms with Crippen molar-refractivity contribution in [1.82, 2.24) is 15.5 Å². The summed E-state index contributed by atoms with van der Waals surface area (Å²) >= 11 is 0. The molecule has 1 heterocycles. The molecule has 1 aromatic rings. The SMILES string of the molecule is CN=C(NCc1ccc(F)cc1C(F)(F)F)NCC(C)N1CCOCC1C. The van der Waals surface area contributed by atoms with Crippen molar-refractivity contribution in [3.63, 3.8) is 0 Å². The van der Waals surface area contributed by atoms with Gasteiger partial charge in [-0.2, -0.15) is 13.2 Å². The first-order valence-electron chi connectivity index (χ1n) is 8.86. The standard InChI is InChI=1S/C18H26F4N4O/c1-12(26-6-7-27-11-13(26)2)9-24-17(23-3)25-10-14-4-5-15(19)8-16(14)18(20,21)22/h4-5,8,12-13H,6-7,9-11H2,1-3H3,(H2,23,24,25). The normalized spacial score (nSPS) is 20.4. The molecule has 1 aliphatic heterocycles. The molecule has 0 saturated carbocycles. The minimum Gasteiger partial charge on any atom is -0.379 e. The van der Waals surface area contributed by atoms with Crippen molar-refractivity contribution in [3.05, 3.63) is 35.1 Å². The van der Waals surface area contributed by atoms with Crippen molar-refractivity contribution in [1.29, 1.82) is 0 Å². The summed E-state index contributed by atoms with van der Waals surface area (Å²) in [4.78, 5) is 6.36. The van der Waals surface area contributed by atoms with Crippen LogP contribution in [0.4, 0.5) is 17.6 Å². The molecule has 0 spiro atoms. The van der Waals surface area contributed by atoms with Crippen molar-refractivity contribution in [2.75, 3.05) is 33.4 Å². The summed E-state index contributed by atoms with van der Waals surface area (Å²) in [6, 6.07) is 3.17. The molecule has 2 N–H and O–H groups in total. The highest BCUT2D eigenvalue weighted by Crippen LogP contribution is 2.32. The molecule has 152 valence electrons. The second-order valence-electron chi connectivity index (χ2n) is 6.62. The van der Waals surface area contributed by atoms with Crippen LogP contribution in [0.5, 0.6) is 0 Å². The first-order chi connectivity index (χ1) is 12.7. The van der Waals surface area contributed by atoms with E-state index >= 15 is 0 Å². The third-order valence-electron chi connectivity index (χ3n) is 4.60. The molecule has 0 aromatic heterocycles. The molecular formula is C18H26F4N4O. The van der Waals surface area contributed by atoms with Crippen LogP contribution in [0.25, 0.3) is 0 Å². The van der Waals surface area contributed by atoms with E-state index in [2.05, 4.69) is 34.4 Å². The molecule has 0 bridgehead atoms. The molecule has 1 saturated heterocycles. The van der Waals surface area contributed by atoms with Gasteiger partial charge >= 0.3 is 6.18 Å². The van der Waals surface area contributed by atoms with Crippen molar-refractivity contribution in [2.24, 2.45) is 4.99 Å². The Labute approximate surface area is 156 Å². The smallest absolute Gasteiger partial charge is 0.379 e. The largest absolute Gasteiger partial charge is 0.416 e. The molecular weight excluding hydrogens is 364 g/mol. The highest BCUT2D eigenvalue weighted by Gasteiger charge is 2.33. The Morgan fingerprint density at radius 3 is 2.74 bits per heavy atom. The van der Waals surface area contributed by atoms with Gasteiger partial charge in [0.25, 0.3) is 0 Å². The molecule has 0 aliphatic carbocycles. The van der Waals surface area contributed by atoms with Gasteiger partial charge in [-0.1, -0.05) is 6.07 Å². The predicted molar refractivity (Wildman–Crippen MR) is 96.1 cm³/mol. The van der Waals surface area contributed by atoms with Gasteiger partial charge in [-0.3, -0.25) is 9.89 Å². The average molecular weight is 390 g/mol. The lowest BCUT2D eigenvalue weighted by atomic mass is 10.1. The number of morpholine rings is 1. The predicted octanol–water partition coefficient (Wildman–Crippen LogP) is 2.62. The molecule has 27 heavy (non-hydrogen) atoms. The lowest BCUT2D eigenvalue weighted by Gasteiger charge is -2.38. The monoisotopic (exact) mass is 390 g/mol. The zero-order valence-electron chi connectivity index (χ0n) is 15.7. The Bertz CT molecular complexity index is 651. The average Bonchev–Trinajstić information content (AvgIpc) is 2.62.